The Hall–Kier alpha value is -5.27. The number of nitrogens with zero attached hydrogens (tertiary/aromatic N) is 4. The molecule has 5 aliphatic rings. The highest BCUT2D eigenvalue weighted by Crippen LogP contribution is 2.54. The second-order valence-electron chi connectivity index (χ2n) is 19.9. The molecule has 68 heavy (non-hydrogen) atoms. The summed E-state index contributed by atoms with van der Waals surface area (Å²) in [6.45, 7) is 10.3. The molecule has 1 spiro atoms. The number of benzene rings is 3. The van der Waals surface area contributed by atoms with Gasteiger partial charge in [-0.3, -0.25) is 19.8 Å². The van der Waals surface area contributed by atoms with Crippen molar-refractivity contribution in [3.8, 4) is 17.2 Å². The van der Waals surface area contributed by atoms with Crippen LogP contribution in [0.2, 0.25) is 0 Å². The number of aliphatic hydroxyl groups is 1. The summed E-state index contributed by atoms with van der Waals surface area (Å²) in [5.41, 5.74) is 2.69. The van der Waals surface area contributed by atoms with Crippen molar-refractivity contribution in [1.82, 2.24) is 19.6 Å². The Labute approximate surface area is 399 Å². The first-order valence-corrected chi connectivity index (χ1v) is 25.9. The quantitative estimate of drug-likeness (QED) is 0.0840. The average molecular weight is 969 g/mol. The van der Waals surface area contributed by atoms with Crippen LogP contribution in [0, 0.1) is 27.3 Å². The number of anilines is 1. The average Bonchev–Trinajstić information content (AvgIpc) is 3.69. The number of carbonyl (C=O) groups is 1. The minimum Gasteiger partial charge on any atom is -0.491 e. The lowest BCUT2D eigenvalue weighted by molar-refractivity contribution is -0.388. The molecule has 10 rings (SSSR count). The smallest absolute Gasteiger partial charge is 0.288 e. The molecule has 3 N–H and O–H groups in total. The number of pyridine rings is 1. The molecule has 2 aromatic heterocycles. The maximum Gasteiger partial charge on any atom is 0.288 e. The molecule has 5 aromatic rings. The van der Waals surface area contributed by atoms with Crippen LogP contribution in [0.15, 0.2) is 82.8 Å². The monoisotopic (exact) mass is 968 g/mol. The van der Waals surface area contributed by atoms with Crippen LogP contribution in [0.1, 0.15) is 106 Å². The van der Waals surface area contributed by atoms with E-state index in [1.165, 1.54) is 53.5 Å². The topological polar surface area (TPSA) is 189 Å². The zero-order chi connectivity index (χ0) is 47.5. The summed E-state index contributed by atoms with van der Waals surface area (Å²) in [6, 6.07) is 18.0. The van der Waals surface area contributed by atoms with E-state index < -0.39 is 42.9 Å². The van der Waals surface area contributed by atoms with Gasteiger partial charge in [-0.25, -0.2) is 22.5 Å². The number of halogens is 1. The highest BCUT2D eigenvalue weighted by molar-refractivity contribution is 8.00. The van der Waals surface area contributed by atoms with E-state index in [9.17, 15) is 32.8 Å². The summed E-state index contributed by atoms with van der Waals surface area (Å²) < 4.78 is 63.1. The van der Waals surface area contributed by atoms with Gasteiger partial charge in [0, 0.05) is 61.0 Å². The Balaban J connectivity index is 0.864. The molecule has 0 bridgehead atoms. The molecule has 2 aliphatic carbocycles. The molecule has 360 valence electrons. The Morgan fingerprint density at radius 1 is 1.06 bits per heavy atom. The van der Waals surface area contributed by atoms with E-state index >= 15 is 0 Å². The number of ether oxygens (including phenoxy) is 3. The fraction of sp³-hybridized carbons (Fsp3) is 0.480. The van der Waals surface area contributed by atoms with Crippen molar-refractivity contribution < 1.29 is 41.8 Å². The van der Waals surface area contributed by atoms with Crippen molar-refractivity contribution >= 4 is 50.1 Å². The number of hydrogen-bond donors (Lipinski definition) is 3. The number of rotatable bonds is 11. The number of amides is 1. The van der Waals surface area contributed by atoms with Gasteiger partial charge in [0.2, 0.25) is 0 Å². The number of H-pyrrole nitrogens is 1. The van der Waals surface area contributed by atoms with Crippen molar-refractivity contribution in [3.05, 3.63) is 106 Å². The molecule has 2 saturated carbocycles. The van der Waals surface area contributed by atoms with Crippen LogP contribution in [0.4, 0.5) is 15.8 Å². The molecule has 1 amide bonds. The lowest BCUT2D eigenvalue weighted by Gasteiger charge is -2.57. The summed E-state index contributed by atoms with van der Waals surface area (Å²) in [6.07, 6.45) is 9.43. The fourth-order valence-corrected chi connectivity index (χ4v) is 13.5. The van der Waals surface area contributed by atoms with Gasteiger partial charge >= 0.3 is 0 Å². The molecule has 15 nitrogen and oxygen atoms in total. The van der Waals surface area contributed by atoms with E-state index in [1.807, 2.05) is 6.92 Å². The second kappa shape index (κ2) is 18.2. The number of nitro groups is 1. The number of carbonyl (C=O) groups excluding carboxylic acids is 1. The van der Waals surface area contributed by atoms with E-state index in [2.05, 4.69) is 62.6 Å². The van der Waals surface area contributed by atoms with Crippen LogP contribution in [0.5, 0.6) is 17.2 Å². The van der Waals surface area contributed by atoms with Gasteiger partial charge in [-0.1, -0.05) is 38.1 Å². The minimum atomic E-state index is -4.70. The highest BCUT2D eigenvalue weighted by Gasteiger charge is 2.50. The Morgan fingerprint density at radius 2 is 1.82 bits per heavy atom. The minimum absolute atomic E-state index is 0.0164. The zero-order valence-electron chi connectivity index (χ0n) is 38.4. The Morgan fingerprint density at radius 3 is 2.57 bits per heavy atom. The first-order chi connectivity index (χ1) is 32.6. The third kappa shape index (κ3) is 9.17. The van der Waals surface area contributed by atoms with Crippen LogP contribution in [0.3, 0.4) is 0 Å². The van der Waals surface area contributed by atoms with Crippen molar-refractivity contribution in [1.29, 1.82) is 0 Å². The maximum atomic E-state index is 14.7. The van der Waals surface area contributed by atoms with E-state index in [-0.39, 0.29) is 62.3 Å². The summed E-state index contributed by atoms with van der Waals surface area (Å²) in [4.78, 5) is 37.5. The van der Waals surface area contributed by atoms with Crippen molar-refractivity contribution in [2.24, 2.45) is 11.3 Å². The van der Waals surface area contributed by atoms with Crippen molar-refractivity contribution in [2.75, 3.05) is 44.4 Å². The first-order valence-electron chi connectivity index (χ1n) is 23.6. The molecule has 3 aliphatic heterocycles. The normalized spacial score (nSPS) is 24.3. The van der Waals surface area contributed by atoms with Crippen molar-refractivity contribution in [3.63, 3.8) is 0 Å². The maximum absolute atomic E-state index is 14.7. The van der Waals surface area contributed by atoms with Gasteiger partial charge in [0.1, 0.15) is 40.2 Å². The van der Waals surface area contributed by atoms with E-state index in [0.29, 0.717) is 37.1 Å². The number of hydrogen-bond acceptors (Lipinski definition) is 13. The van der Waals surface area contributed by atoms with Gasteiger partial charge in [-0.15, -0.1) is 11.8 Å². The van der Waals surface area contributed by atoms with Gasteiger partial charge in [0.05, 0.1) is 51.8 Å². The van der Waals surface area contributed by atoms with Gasteiger partial charge in [-0.2, -0.15) is 0 Å². The number of sulfonamides is 1. The van der Waals surface area contributed by atoms with Crippen LogP contribution in [0.25, 0.3) is 11.0 Å². The predicted molar refractivity (Wildman–Crippen MR) is 256 cm³/mol. The third-order valence-electron chi connectivity index (χ3n) is 15.1. The van der Waals surface area contributed by atoms with Crippen LogP contribution < -0.4 is 19.1 Å². The van der Waals surface area contributed by atoms with E-state index in [1.54, 1.807) is 12.1 Å². The number of morpholine rings is 1. The number of nitro benzene ring substituents is 1. The zero-order valence-corrected chi connectivity index (χ0v) is 40.0. The standard InChI is InChI=1S/C50H57FN6O9S2/c1-30(2)36-6-4-5-7-37(36)42-28-64-19-18-56(42)33-24-50(25-33)14-16-55(17-15-50)32-8-9-38(43(20-32)66-34-21-39-40(51)27-53-47(39)52-26-34)48(58)54-68(62,63)35-22-41(57(60)61)46-44(23-35)65-29-45(67-46)31-10-12-49(3,59)13-11-31/h4-9,20-23,26-27,30-31,33,42,45,59H,10-19,24-25,28-29H2,1-3H3,(H,52,53)(H,54,58)/t31?,42-,45+,49?/m0/s1. The lowest BCUT2D eigenvalue weighted by atomic mass is 9.59. The molecule has 4 fully saturated rings. The summed E-state index contributed by atoms with van der Waals surface area (Å²) >= 11 is 1.29. The molecule has 0 unspecified atom stereocenters. The number of aromatic amines is 1. The second-order valence-corrected chi connectivity index (χ2v) is 22.8. The van der Waals surface area contributed by atoms with Crippen LogP contribution >= 0.6 is 11.8 Å². The van der Waals surface area contributed by atoms with Gasteiger partial charge in [-0.05, 0) is 105 Å². The molecule has 2 atom stereocenters. The van der Waals surface area contributed by atoms with Gasteiger partial charge < -0.3 is 29.2 Å². The fourth-order valence-electron chi connectivity index (χ4n) is 11.1. The van der Waals surface area contributed by atoms with E-state index in [4.69, 9.17) is 14.2 Å². The number of piperidine rings is 1. The van der Waals surface area contributed by atoms with Gasteiger partial charge in [0.25, 0.3) is 21.6 Å². The summed E-state index contributed by atoms with van der Waals surface area (Å²) in [5, 5.41) is 22.9. The lowest BCUT2D eigenvalue weighted by Crippen LogP contribution is -2.58. The van der Waals surface area contributed by atoms with Crippen LogP contribution in [-0.4, -0.2) is 95.6 Å². The highest BCUT2D eigenvalue weighted by atomic mass is 32.2. The molecule has 2 saturated heterocycles. The number of nitrogens with one attached hydrogen (secondary N) is 2. The van der Waals surface area contributed by atoms with Gasteiger partial charge in [0.15, 0.2) is 0 Å². The first kappa shape index (κ1) is 46.5. The third-order valence-corrected chi connectivity index (χ3v) is 17.9. The predicted octanol–water partition coefficient (Wildman–Crippen LogP) is 9.26. The molecule has 3 aromatic carbocycles. The Bertz CT molecular complexity index is 2850. The molecular formula is C50H57FN6O9S2. The summed E-state index contributed by atoms with van der Waals surface area (Å²) in [7, 11) is -4.70. The number of aromatic nitrogens is 2. The van der Waals surface area contributed by atoms with Crippen LogP contribution in [-0.2, 0) is 14.8 Å². The Kier molecular flexibility index (Phi) is 12.5. The molecular weight excluding hydrogens is 912 g/mol. The molecule has 18 heteroatoms. The summed E-state index contributed by atoms with van der Waals surface area (Å²) in [5.74, 6) is -0.815. The number of thioether (sulfide) groups is 1. The molecule has 0 radical (unpaired) electrons. The molecule has 5 heterocycles. The van der Waals surface area contributed by atoms with E-state index in [0.717, 1.165) is 76.5 Å². The SMILES string of the molecule is CC(C)c1ccccc1[C@@H]1COCCN1C1CC2(CCN(c3ccc(C(=O)NS(=O)(=O)c4cc5c(c([N+](=O)[O-])c4)S[C@@H](C4CCC(C)(O)CC4)CO5)c(Oc4cnc5[nH]cc(F)c5c4)c3)CC2)C1. The van der Waals surface area contributed by atoms with Crippen molar-refractivity contribution in [2.45, 2.75) is 111 Å². The number of fused-ring (bicyclic) bond motifs is 2. The largest absolute Gasteiger partial charge is 0.491 e.